The van der Waals surface area contributed by atoms with Crippen molar-refractivity contribution in [2.75, 3.05) is 20.8 Å². The van der Waals surface area contributed by atoms with Gasteiger partial charge < -0.3 is 23.7 Å². The standard InChI is InChI=1S/C31H56O5Si/c1-12-27(36-37(10,11)31(5,6)7)20-29(33-8)23(2)18-19-28(32)25(4)30(34-9)24(3)21-35-22-26-16-14-13-15-17-26/h13-19,23-25,27-30,32H,12,20-22H2,1-11H3/b19-18+/t23-,24+,25-,27+,28-,29-,30+/m0/s1. The van der Waals surface area contributed by atoms with E-state index in [0.29, 0.717) is 13.2 Å². The first-order valence-electron chi connectivity index (χ1n) is 14.0. The lowest BCUT2D eigenvalue weighted by molar-refractivity contribution is -0.0473. The summed E-state index contributed by atoms with van der Waals surface area (Å²) in [6, 6.07) is 10.2. The fraction of sp³-hybridized carbons (Fsp3) is 0.742. The lowest BCUT2D eigenvalue weighted by Gasteiger charge is -2.40. The first-order chi connectivity index (χ1) is 17.3. The van der Waals surface area contributed by atoms with Gasteiger partial charge in [-0.1, -0.05) is 91.0 Å². The summed E-state index contributed by atoms with van der Waals surface area (Å²) >= 11 is 0. The molecule has 0 aliphatic heterocycles. The van der Waals surface area contributed by atoms with Gasteiger partial charge in [0.15, 0.2) is 8.32 Å². The molecule has 0 bridgehead atoms. The molecule has 1 aromatic carbocycles. The number of rotatable bonds is 17. The summed E-state index contributed by atoms with van der Waals surface area (Å²) in [5.41, 5.74) is 1.15. The van der Waals surface area contributed by atoms with Crippen molar-refractivity contribution in [1.29, 1.82) is 0 Å². The molecule has 37 heavy (non-hydrogen) atoms. The van der Waals surface area contributed by atoms with Crippen LogP contribution in [0.25, 0.3) is 0 Å². The Morgan fingerprint density at radius 1 is 0.973 bits per heavy atom. The highest BCUT2D eigenvalue weighted by molar-refractivity contribution is 6.74. The van der Waals surface area contributed by atoms with Crippen LogP contribution in [-0.4, -0.2) is 58.7 Å². The molecule has 0 spiro atoms. The molecule has 0 amide bonds. The molecule has 0 saturated heterocycles. The van der Waals surface area contributed by atoms with Crippen LogP contribution in [0.2, 0.25) is 18.1 Å². The van der Waals surface area contributed by atoms with Gasteiger partial charge in [0.05, 0.1) is 31.5 Å². The van der Waals surface area contributed by atoms with E-state index in [9.17, 15) is 5.11 Å². The van der Waals surface area contributed by atoms with Crippen molar-refractivity contribution >= 4 is 8.32 Å². The molecule has 1 N–H and O–H groups in total. The number of aliphatic hydroxyl groups is 1. The van der Waals surface area contributed by atoms with Crippen LogP contribution in [0.5, 0.6) is 0 Å². The van der Waals surface area contributed by atoms with Gasteiger partial charge in [-0.25, -0.2) is 0 Å². The van der Waals surface area contributed by atoms with E-state index < -0.39 is 14.4 Å². The molecule has 0 unspecified atom stereocenters. The van der Waals surface area contributed by atoms with E-state index >= 15 is 0 Å². The average Bonchev–Trinajstić information content (AvgIpc) is 2.84. The lowest BCUT2D eigenvalue weighted by Crippen LogP contribution is -2.45. The molecule has 214 valence electrons. The predicted octanol–water partition coefficient (Wildman–Crippen LogP) is 7.25. The van der Waals surface area contributed by atoms with Gasteiger partial charge in [0, 0.05) is 38.1 Å². The summed E-state index contributed by atoms with van der Waals surface area (Å²) in [7, 11) is 1.63. The van der Waals surface area contributed by atoms with Gasteiger partial charge >= 0.3 is 0 Å². The molecular formula is C31H56O5Si. The molecule has 1 aromatic rings. The van der Waals surface area contributed by atoms with Crippen molar-refractivity contribution in [3.05, 3.63) is 48.0 Å². The summed E-state index contributed by atoms with van der Waals surface area (Å²) < 4.78 is 24.3. The highest BCUT2D eigenvalue weighted by Gasteiger charge is 2.39. The largest absolute Gasteiger partial charge is 0.414 e. The first kappa shape index (κ1) is 34.0. The van der Waals surface area contributed by atoms with Crippen molar-refractivity contribution in [2.24, 2.45) is 17.8 Å². The molecule has 0 aromatic heterocycles. The molecule has 0 aliphatic carbocycles. The Morgan fingerprint density at radius 3 is 2.11 bits per heavy atom. The molecule has 0 fully saturated rings. The number of ether oxygens (including phenoxy) is 3. The summed E-state index contributed by atoms with van der Waals surface area (Å²) in [6.07, 6.45) is 5.24. The van der Waals surface area contributed by atoms with Crippen molar-refractivity contribution in [3.8, 4) is 0 Å². The van der Waals surface area contributed by atoms with E-state index in [-0.39, 0.29) is 41.1 Å². The Hall–Kier alpha value is -1.02. The molecule has 1 rings (SSSR count). The maximum atomic E-state index is 11.0. The van der Waals surface area contributed by atoms with E-state index in [0.717, 1.165) is 18.4 Å². The minimum absolute atomic E-state index is 0.0250. The second-order valence-electron chi connectivity index (χ2n) is 12.2. The Labute approximate surface area is 229 Å². The zero-order valence-corrected chi connectivity index (χ0v) is 26.5. The zero-order valence-electron chi connectivity index (χ0n) is 25.5. The summed E-state index contributed by atoms with van der Waals surface area (Å²) in [5.74, 6) is 0.223. The zero-order chi connectivity index (χ0) is 28.2. The van der Waals surface area contributed by atoms with E-state index in [1.165, 1.54) is 0 Å². The second-order valence-corrected chi connectivity index (χ2v) is 16.9. The lowest BCUT2D eigenvalue weighted by atomic mass is 9.88. The maximum absolute atomic E-state index is 11.0. The van der Waals surface area contributed by atoms with Crippen LogP contribution in [0, 0.1) is 17.8 Å². The van der Waals surface area contributed by atoms with Crippen molar-refractivity contribution in [3.63, 3.8) is 0 Å². The van der Waals surface area contributed by atoms with Crippen LogP contribution in [0.4, 0.5) is 0 Å². The predicted molar refractivity (Wildman–Crippen MR) is 157 cm³/mol. The minimum Gasteiger partial charge on any atom is -0.414 e. The fourth-order valence-electron chi connectivity index (χ4n) is 4.46. The Kier molecular flexibility index (Phi) is 14.9. The molecule has 0 heterocycles. The highest BCUT2D eigenvalue weighted by Crippen LogP contribution is 2.38. The number of methoxy groups -OCH3 is 2. The van der Waals surface area contributed by atoms with Crippen LogP contribution >= 0.6 is 0 Å². The van der Waals surface area contributed by atoms with Crippen LogP contribution < -0.4 is 0 Å². The quantitative estimate of drug-likeness (QED) is 0.168. The third-order valence-electron chi connectivity index (χ3n) is 8.10. The van der Waals surface area contributed by atoms with Gasteiger partial charge in [0.2, 0.25) is 0 Å². The smallest absolute Gasteiger partial charge is 0.192 e. The molecule has 0 radical (unpaired) electrons. The summed E-state index contributed by atoms with van der Waals surface area (Å²) in [4.78, 5) is 0. The van der Waals surface area contributed by atoms with Gasteiger partial charge in [0.1, 0.15) is 0 Å². The van der Waals surface area contributed by atoms with Gasteiger partial charge in [0.25, 0.3) is 0 Å². The van der Waals surface area contributed by atoms with E-state index in [2.05, 4.69) is 72.8 Å². The van der Waals surface area contributed by atoms with E-state index in [1.807, 2.05) is 31.2 Å². The molecule has 0 aliphatic rings. The number of aliphatic hydroxyl groups excluding tert-OH is 1. The van der Waals surface area contributed by atoms with Gasteiger partial charge in [-0.15, -0.1) is 0 Å². The SMILES string of the molecule is CC[C@H](C[C@H](OC)[C@@H](C)/C=C/[C@H](O)[C@H](C)[C@H](OC)[C@H](C)COCc1ccccc1)O[Si](C)(C)C(C)(C)C. The molecular weight excluding hydrogens is 480 g/mol. The molecule has 6 heteroatoms. The molecule has 5 nitrogen and oxygen atoms in total. The molecule has 0 saturated carbocycles. The third kappa shape index (κ3) is 11.3. The Morgan fingerprint density at radius 2 is 1.59 bits per heavy atom. The van der Waals surface area contributed by atoms with Gasteiger partial charge in [-0.05, 0) is 36.5 Å². The fourth-order valence-corrected chi connectivity index (χ4v) is 5.91. The van der Waals surface area contributed by atoms with Crippen LogP contribution in [0.3, 0.4) is 0 Å². The van der Waals surface area contributed by atoms with E-state index in [1.54, 1.807) is 14.2 Å². The minimum atomic E-state index is -1.85. The van der Waals surface area contributed by atoms with Crippen molar-refractivity contribution in [2.45, 2.75) is 110 Å². The highest BCUT2D eigenvalue weighted by atomic mass is 28.4. The third-order valence-corrected chi connectivity index (χ3v) is 12.6. The van der Waals surface area contributed by atoms with Gasteiger partial charge in [-0.2, -0.15) is 0 Å². The van der Waals surface area contributed by atoms with Crippen LogP contribution in [0.15, 0.2) is 42.5 Å². The van der Waals surface area contributed by atoms with Crippen molar-refractivity contribution < 1.29 is 23.7 Å². The topological polar surface area (TPSA) is 57.2 Å². The second kappa shape index (κ2) is 16.2. The maximum Gasteiger partial charge on any atom is 0.192 e. The number of hydrogen-bond acceptors (Lipinski definition) is 5. The van der Waals surface area contributed by atoms with Gasteiger partial charge in [-0.3, -0.25) is 0 Å². The Bertz CT molecular complexity index is 761. The number of benzene rings is 1. The monoisotopic (exact) mass is 536 g/mol. The normalized spacial score (nSPS) is 18.8. The first-order valence-corrected chi connectivity index (χ1v) is 16.9. The van der Waals surface area contributed by atoms with E-state index in [4.69, 9.17) is 18.6 Å². The van der Waals surface area contributed by atoms with Crippen molar-refractivity contribution in [1.82, 2.24) is 0 Å². The average molecular weight is 537 g/mol. The number of hydrogen-bond donors (Lipinski definition) is 1. The Balaban J connectivity index is 2.69. The molecule has 7 atom stereocenters. The van der Waals surface area contributed by atoms with Crippen LogP contribution in [-0.2, 0) is 25.2 Å². The summed E-state index contributed by atoms with van der Waals surface area (Å²) in [6.45, 7) is 21.1. The van der Waals surface area contributed by atoms with Crippen LogP contribution in [0.1, 0.15) is 66.9 Å². The summed E-state index contributed by atoms with van der Waals surface area (Å²) in [5, 5.41) is 11.2.